The molecule has 0 spiro atoms. The molecule has 0 radical (unpaired) electrons. The molecule has 0 saturated heterocycles. The molecule has 1 aromatic carbocycles. The Kier molecular flexibility index (Phi) is 4.74. The van der Waals surface area contributed by atoms with Gasteiger partial charge in [0.15, 0.2) is 0 Å². The number of hydrogen-bond acceptors (Lipinski definition) is 5. The van der Waals surface area contributed by atoms with Crippen LogP contribution in [0.3, 0.4) is 0 Å². The van der Waals surface area contributed by atoms with E-state index in [1.807, 2.05) is 31.2 Å². The van der Waals surface area contributed by atoms with Gasteiger partial charge in [-0.15, -0.1) is 0 Å². The van der Waals surface area contributed by atoms with E-state index in [0.717, 1.165) is 0 Å². The Bertz CT molecular complexity index is 572. The van der Waals surface area contributed by atoms with Crippen LogP contribution in [0.5, 0.6) is 11.8 Å². The number of ether oxygens (including phenoxy) is 1. The highest BCUT2D eigenvalue weighted by Gasteiger charge is 2.07. The summed E-state index contributed by atoms with van der Waals surface area (Å²) in [6, 6.07) is 8.00. The van der Waals surface area contributed by atoms with Gasteiger partial charge in [0, 0.05) is 6.54 Å². The largest absolute Gasteiger partial charge is 0.424 e. The number of nitrogens with one attached hydrogen (secondary N) is 1. The van der Waals surface area contributed by atoms with Crippen LogP contribution in [0.2, 0.25) is 5.28 Å². The number of rotatable bonds is 5. The Morgan fingerprint density at radius 1 is 1.15 bits per heavy atom. The van der Waals surface area contributed by atoms with E-state index in [1.54, 1.807) is 0 Å². The Hall–Kier alpha value is -1.88. The Morgan fingerprint density at radius 2 is 1.85 bits per heavy atom. The van der Waals surface area contributed by atoms with Crippen molar-refractivity contribution in [2.45, 2.75) is 26.7 Å². The minimum Gasteiger partial charge on any atom is -0.424 e. The highest BCUT2D eigenvalue weighted by molar-refractivity contribution is 6.28. The molecule has 20 heavy (non-hydrogen) atoms. The number of anilines is 1. The topological polar surface area (TPSA) is 59.9 Å². The SMILES string of the molecule is CCNc1nc(Cl)nc(Oc2ccc(C(C)C)cc2)n1. The van der Waals surface area contributed by atoms with E-state index >= 15 is 0 Å². The molecule has 2 rings (SSSR count). The van der Waals surface area contributed by atoms with Gasteiger partial charge in [-0.25, -0.2) is 0 Å². The van der Waals surface area contributed by atoms with Crippen molar-refractivity contribution >= 4 is 17.5 Å². The van der Waals surface area contributed by atoms with Crippen molar-refractivity contribution in [3.05, 3.63) is 35.1 Å². The highest BCUT2D eigenvalue weighted by atomic mass is 35.5. The fraction of sp³-hybridized carbons (Fsp3) is 0.357. The van der Waals surface area contributed by atoms with Crippen LogP contribution in [0.25, 0.3) is 0 Å². The Labute approximate surface area is 123 Å². The molecule has 1 N–H and O–H groups in total. The van der Waals surface area contributed by atoms with Crippen LogP contribution in [0.4, 0.5) is 5.95 Å². The zero-order valence-corrected chi connectivity index (χ0v) is 12.5. The first-order chi connectivity index (χ1) is 9.58. The van der Waals surface area contributed by atoms with Crippen LogP contribution < -0.4 is 10.1 Å². The summed E-state index contributed by atoms with van der Waals surface area (Å²) >= 11 is 5.84. The normalized spacial score (nSPS) is 10.7. The van der Waals surface area contributed by atoms with Crippen molar-refractivity contribution < 1.29 is 4.74 Å². The van der Waals surface area contributed by atoms with Gasteiger partial charge >= 0.3 is 6.01 Å². The fourth-order valence-corrected chi connectivity index (χ4v) is 1.79. The first kappa shape index (κ1) is 14.5. The van der Waals surface area contributed by atoms with Crippen molar-refractivity contribution in [2.75, 3.05) is 11.9 Å². The van der Waals surface area contributed by atoms with Gasteiger partial charge in [0.05, 0.1) is 0 Å². The Morgan fingerprint density at radius 3 is 2.45 bits per heavy atom. The third-order valence-electron chi connectivity index (χ3n) is 2.68. The highest BCUT2D eigenvalue weighted by Crippen LogP contribution is 2.22. The molecule has 0 fully saturated rings. The molecule has 0 atom stereocenters. The number of benzene rings is 1. The van der Waals surface area contributed by atoms with Gasteiger partial charge in [-0.1, -0.05) is 26.0 Å². The van der Waals surface area contributed by atoms with E-state index in [2.05, 4.69) is 34.1 Å². The number of hydrogen-bond donors (Lipinski definition) is 1. The van der Waals surface area contributed by atoms with E-state index < -0.39 is 0 Å². The number of halogens is 1. The monoisotopic (exact) mass is 292 g/mol. The van der Waals surface area contributed by atoms with Gasteiger partial charge < -0.3 is 10.1 Å². The predicted octanol–water partition coefficient (Wildman–Crippen LogP) is 3.87. The lowest BCUT2D eigenvalue weighted by Crippen LogP contribution is -2.04. The molecular weight excluding hydrogens is 276 g/mol. The molecular formula is C14H17ClN4O. The molecule has 1 heterocycles. The van der Waals surface area contributed by atoms with E-state index in [9.17, 15) is 0 Å². The van der Waals surface area contributed by atoms with Crippen molar-refractivity contribution in [1.29, 1.82) is 0 Å². The summed E-state index contributed by atoms with van der Waals surface area (Å²) < 4.78 is 5.59. The van der Waals surface area contributed by atoms with Crippen molar-refractivity contribution in [1.82, 2.24) is 15.0 Å². The summed E-state index contributed by atoms with van der Waals surface area (Å²) in [5, 5.41) is 3.07. The second-order valence-corrected chi connectivity index (χ2v) is 4.90. The summed E-state index contributed by atoms with van der Waals surface area (Å²) in [6.07, 6.45) is 0. The van der Waals surface area contributed by atoms with Crippen LogP contribution in [-0.4, -0.2) is 21.5 Å². The smallest absolute Gasteiger partial charge is 0.328 e. The van der Waals surface area contributed by atoms with Crippen molar-refractivity contribution in [2.24, 2.45) is 0 Å². The predicted molar refractivity (Wildman–Crippen MR) is 79.6 cm³/mol. The molecule has 0 amide bonds. The van der Waals surface area contributed by atoms with Crippen LogP contribution in [0.1, 0.15) is 32.3 Å². The molecule has 106 valence electrons. The zero-order valence-electron chi connectivity index (χ0n) is 11.7. The molecule has 0 unspecified atom stereocenters. The third kappa shape index (κ3) is 3.81. The standard InChI is InChI=1S/C14H17ClN4O/c1-4-16-13-17-12(15)18-14(19-13)20-11-7-5-10(6-8-11)9(2)3/h5-9H,4H2,1-3H3,(H,16,17,18,19). The van der Waals surface area contributed by atoms with Crippen LogP contribution in [0.15, 0.2) is 24.3 Å². The van der Waals surface area contributed by atoms with E-state index in [4.69, 9.17) is 16.3 Å². The van der Waals surface area contributed by atoms with Crippen LogP contribution in [-0.2, 0) is 0 Å². The second kappa shape index (κ2) is 6.52. The minimum absolute atomic E-state index is 0.102. The quantitative estimate of drug-likeness (QED) is 0.906. The first-order valence-electron chi connectivity index (χ1n) is 6.51. The number of aromatic nitrogens is 3. The lowest BCUT2D eigenvalue weighted by atomic mass is 10.0. The molecule has 0 bridgehead atoms. The van der Waals surface area contributed by atoms with Gasteiger partial charge in [-0.05, 0) is 42.1 Å². The molecule has 2 aromatic rings. The Balaban J connectivity index is 2.16. The maximum absolute atomic E-state index is 5.84. The second-order valence-electron chi connectivity index (χ2n) is 4.57. The molecule has 0 aliphatic carbocycles. The van der Waals surface area contributed by atoms with Gasteiger partial charge in [-0.3, -0.25) is 0 Å². The zero-order chi connectivity index (χ0) is 14.5. The van der Waals surface area contributed by atoms with Crippen LogP contribution >= 0.6 is 11.6 Å². The van der Waals surface area contributed by atoms with Gasteiger partial charge in [-0.2, -0.15) is 15.0 Å². The molecule has 5 nitrogen and oxygen atoms in total. The minimum atomic E-state index is 0.102. The first-order valence-corrected chi connectivity index (χ1v) is 6.89. The third-order valence-corrected chi connectivity index (χ3v) is 2.85. The van der Waals surface area contributed by atoms with Gasteiger partial charge in [0.1, 0.15) is 5.75 Å². The van der Waals surface area contributed by atoms with E-state index in [-0.39, 0.29) is 11.3 Å². The van der Waals surface area contributed by atoms with Crippen molar-refractivity contribution in [3.63, 3.8) is 0 Å². The summed E-state index contributed by atoms with van der Waals surface area (Å²) in [5.41, 5.74) is 1.25. The summed E-state index contributed by atoms with van der Waals surface area (Å²) in [4.78, 5) is 12.0. The van der Waals surface area contributed by atoms with E-state index in [1.165, 1.54) is 5.56 Å². The fourth-order valence-electron chi connectivity index (χ4n) is 1.64. The maximum atomic E-state index is 5.84. The van der Waals surface area contributed by atoms with Gasteiger partial charge in [0.2, 0.25) is 11.2 Å². The lowest BCUT2D eigenvalue weighted by molar-refractivity contribution is 0.440. The molecule has 6 heteroatoms. The molecule has 0 aliphatic heterocycles. The van der Waals surface area contributed by atoms with E-state index in [0.29, 0.717) is 24.2 Å². The average molecular weight is 293 g/mol. The summed E-state index contributed by atoms with van der Waals surface area (Å²) in [7, 11) is 0. The molecule has 0 aliphatic rings. The van der Waals surface area contributed by atoms with Crippen LogP contribution in [0, 0.1) is 0 Å². The average Bonchev–Trinajstić information content (AvgIpc) is 2.39. The summed E-state index contributed by atoms with van der Waals surface area (Å²) in [5.74, 6) is 1.55. The molecule has 0 saturated carbocycles. The molecule has 1 aromatic heterocycles. The van der Waals surface area contributed by atoms with Gasteiger partial charge in [0.25, 0.3) is 0 Å². The summed E-state index contributed by atoms with van der Waals surface area (Å²) in [6.45, 7) is 6.93. The maximum Gasteiger partial charge on any atom is 0.328 e. The number of nitrogens with zero attached hydrogens (tertiary/aromatic N) is 3. The van der Waals surface area contributed by atoms with Crippen molar-refractivity contribution in [3.8, 4) is 11.8 Å². The lowest BCUT2D eigenvalue weighted by Gasteiger charge is -2.08.